The van der Waals surface area contributed by atoms with E-state index in [1.165, 1.54) is 11.3 Å². The van der Waals surface area contributed by atoms with Gasteiger partial charge in [-0.1, -0.05) is 12.1 Å². The van der Waals surface area contributed by atoms with Crippen LogP contribution in [-0.4, -0.2) is 43.9 Å². The van der Waals surface area contributed by atoms with E-state index >= 15 is 0 Å². The van der Waals surface area contributed by atoms with Crippen molar-refractivity contribution in [1.82, 2.24) is 14.6 Å². The minimum Gasteiger partial charge on any atom is -0.316 e. The van der Waals surface area contributed by atoms with Crippen molar-refractivity contribution in [1.29, 1.82) is 0 Å². The number of nitrogens with one attached hydrogen (secondary N) is 1. The van der Waals surface area contributed by atoms with Crippen molar-refractivity contribution in [3.63, 3.8) is 0 Å². The van der Waals surface area contributed by atoms with Crippen molar-refractivity contribution < 1.29 is 8.42 Å². The van der Waals surface area contributed by atoms with Gasteiger partial charge in [-0.15, -0.1) is 11.3 Å². The Morgan fingerprint density at radius 2 is 2.22 bits per heavy atom. The molecule has 0 bridgehead atoms. The van der Waals surface area contributed by atoms with E-state index in [-0.39, 0.29) is 6.04 Å². The highest BCUT2D eigenvalue weighted by Gasteiger charge is 2.29. The van der Waals surface area contributed by atoms with E-state index < -0.39 is 10.0 Å². The Kier molecular flexibility index (Phi) is 4.82. The monoisotopic (exact) mass is 351 g/mol. The van der Waals surface area contributed by atoms with E-state index in [0.717, 1.165) is 29.1 Å². The van der Waals surface area contributed by atoms with Crippen LogP contribution in [0.1, 0.15) is 18.5 Å². The fourth-order valence-electron chi connectivity index (χ4n) is 2.82. The van der Waals surface area contributed by atoms with Crippen LogP contribution in [0.25, 0.3) is 10.6 Å². The number of thiazole rings is 1. The van der Waals surface area contributed by atoms with E-state index in [1.54, 1.807) is 22.5 Å². The summed E-state index contributed by atoms with van der Waals surface area (Å²) in [5, 5.41) is 6.01. The predicted octanol–water partition coefficient (Wildman–Crippen LogP) is 2.49. The number of aromatic nitrogens is 1. The van der Waals surface area contributed by atoms with Crippen LogP contribution in [0.3, 0.4) is 0 Å². The lowest BCUT2D eigenvalue weighted by atomic mass is 10.1. The second-order valence-electron chi connectivity index (χ2n) is 5.81. The standard InChI is InChI=1S/C16H21N3O2S2/c1-12-11-22-16(18-12)13-5-3-7-15(9-13)23(20,21)19-8-4-6-14(10-19)17-2/h3,5,7,9,11,14,17H,4,6,8,10H2,1-2H3. The maximum absolute atomic E-state index is 12.9. The molecule has 5 nitrogen and oxygen atoms in total. The number of hydrogen-bond acceptors (Lipinski definition) is 5. The average molecular weight is 351 g/mol. The Morgan fingerprint density at radius 1 is 1.39 bits per heavy atom. The minimum atomic E-state index is -3.46. The lowest BCUT2D eigenvalue weighted by Gasteiger charge is -2.31. The van der Waals surface area contributed by atoms with Gasteiger partial charge in [0.1, 0.15) is 5.01 Å². The Morgan fingerprint density at radius 3 is 2.91 bits per heavy atom. The van der Waals surface area contributed by atoms with Crippen LogP contribution in [0.4, 0.5) is 0 Å². The van der Waals surface area contributed by atoms with Crippen LogP contribution in [0.2, 0.25) is 0 Å². The van der Waals surface area contributed by atoms with Crippen LogP contribution < -0.4 is 5.32 Å². The molecule has 1 atom stereocenters. The van der Waals surface area contributed by atoms with Crippen molar-refractivity contribution in [3.8, 4) is 10.6 Å². The zero-order valence-electron chi connectivity index (χ0n) is 13.3. The molecule has 1 aromatic carbocycles. The summed E-state index contributed by atoms with van der Waals surface area (Å²) in [5.41, 5.74) is 1.80. The van der Waals surface area contributed by atoms with E-state index in [2.05, 4.69) is 10.3 Å². The predicted molar refractivity (Wildman–Crippen MR) is 93.1 cm³/mol. The maximum atomic E-state index is 12.9. The number of sulfonamides is 1. The molecule has 2 aromatic rings. The Labute approximate surface area is 141 Å². The molecule has 3 rings (SSSR count). The Balaban J connectivity index is 1.91. The second-order valence-corrected chi connectivity index (χ2v) is 8.61. The molecule has 7 heteroatoms. The highest BCUT2D eigenvalue weighted by atomic mass is 32.2. The summed E-state index contributed by atoms with van der Waals surface area (Å²) in [7, 11) is -1.58. The summed E-state index contributed by atoms with van der Waals surface area (Å²) in [5.74, 6) is 0. The zero-order chi connectivity index (χ0) is 16.4. The van der Waals surface area contributed by atoms with Gasteiger partial charge in [0.05, 0.1) is 4.90 Å². The third-order valence-electron chi connectivity index (χ3n) is 4.13. The molecule has 23 heavy (non-hydrogen) atoms. The first kappa shape index (κ1) is 16.6. The fraction of sp³-hybridized carbons (Fsp3) is 0.438. The van der Waals surface area contributed by atoms with Gasteiger partial charge in [-0.05, 0) is 38.9 Å². The first-order valence-corrected chi connectivity index (χ1v) is 10.0. The van der Waals surface area contributed by atoms with E-state index in [4.69, 9.17) is 0 Å². The van der Waals surface area contributed by atoms with Gasteiger partial charge >= 0.3 is 0 Å². The number of likely N-dealkylation sites (N-methyl/N-ethyl adjacent to an activating group) is 1. The summed E-state index contributed by atoms with van der Waals surface area (Å²) in [6.07, 6.45) is 1.90. The normalized spacial score (nSPS) is 19.8. The van der Waals surface area contributed by atoms with E-state index in [0.29, 0.717) is 18.0 Å². The molecule has 124 valence electrons. The Hall–Kier alpha value is -1.28. The summed E-state index contributed by atoms with van der Waals surface area (Å²) in [6, 6.07) is 7.32. The van der Waals surface area contributed by atoms with Gasteiger partial charge in [-0.25, -0.2) is 13.4 Å². The first-order chi connectivity index (χ1) is 11.0. The molecule has 1 aromatic heterocycles. The second kappa shape index (κ2) is 6.68. The number of aryl methyl sites for hydroxylation is 1. The van der Waals surface area contributed by atoms with Gasteiger partial charge in [0, 0.05) is 35.8 Å². The molecule has 0 spiro atoms. The third-order valence-corrected chi connectivity index (χ3v) is 7.00. The van der Waals surface area contributed by atoms with Crippen LogP contribution in [0, 0.1) is 6.92 Å². The van der Waals surface area contributed by atoms with Crippen LogP contribution in [0.15, 0.2) is 34.5 Å². The molecule has 0 aliphatic carbocycles. The number of benzene rings is 1. The van der Waals surface area contributed by atoms with Gasteiger partial charge < -0.3 is 5.32 Å². The van der Waals surface area contributed by atoms with E-state index in [1.807, 2.05) is 25.4 Å². The van der Waals surface area contributed by atoms with Crippen molar-refractivity contribution >= 4 is 21.4 Å². The average Bonchev–Trinajstić information content (AvgIpc) is 3.01. The van der Waals surface area contributed by atoms with Crippen molar-refractivity contribution in [2.75, 3.05) is 20.1 Å². The molecule has 1 fully saturated rings. The molecule has 2 heterocycles. The molecule has 0 amide bonds. The van der Waals surface area contributed by atoms with Crippen LogP contribution in [-0.2, 0) is 10.0 Å². The van der Waals surface area contributed by atoms with Crippen molar-refractivity contribution in [3.05, 3.63) is 35.3 Å². The molecule has 1 N–H and O–H groups in total. The highest BCUT2D eigenvalue weighted by molar-refractivity contribution is 7.89. The van der Waals surface area contributed by atoms with Crippen molar-refractivity contribution in [2.45, 2.75) is 30.7 Å². The summed E-state index contributed by atoms with van der Waals surface area (Å²) in [6.45, 7) is 3.05. The number of piperidine rings is 1. The van der Waals surface area contributed by atoms with E-state index in [9.17, 15) is 8.42 Å². The minimum absolute atomic E-state index is 0.225. The van der Waals surface area contributed by atoms with Gasteiger partial charge in [0.15, 0.2) is 0 Å². The SMILES string of the molecule is CNC1CCCN(S(=O)(=O)c2cccc(-c3nc(C)cs3)c2)C1. The van der Waals surface area contributed by atoms with Gasteiger partial charge in [0.2, 0.25) is 10.0 Å². The van der Waals surface area contributed by atoms with Gasteiger partial charge in [0.25, 0.3) is 0 Å². The molecule has 1 aliphatic heterocycles. The van der Waals surface area contributed by atoms with Gasteiger partial charge in [-0.2, -0.15) is 4.31 Å². The molecule has 0 saturated carbocycles. The number of hydrogen-bond donors (Lipinski definition) is 1. The smallest absolute Gasteiger partial charge is 0.243 e. The van der Waals surface area contributed by atoms with Gasteiger partial charge in [-0.3, -0.25) is 0 Å². The lowest BCUT2D eigenvalue weighted by molar-refractivity contribution is 0.293. The van der Waals surface area contributed by atoms with Crippen LogP contribution in [0.5, 0.6) is 0 Å². The molecule has 1 saturated heterocycles. The molecule has 1 unspecified atom stereocenters. The number of rotatable bonds is 4. The highest BCUT2D eigenvalue weighted by Crippen LogP contribution is 2.28. The van der Waals surface area contributed by atoms with Crippen molar-refractivity contribution in [2.24, 2.45) is 0 Å². The summed E-state index contributed by atoms with van der Waals surface area (Å²) in [4.78, 5) is 4.79. The third kappa shape index (κ3) is 3.47. The largest absolute Gasteiger partial charge is 0.316 e. The molecular weight excluding hydrogens is 330 g/mol. The summed E-state index contributed by atoms with van der Waals surface area (Å²) < 4.78 is 27.4. The number of nitrogens with zero attached hydrogens (tertiary/aromatic N) is 2. The quantitative estimate of drug-likeness (QED) is 0.919. The molecular formula is C16H21N3O2S2. The van der Waals surface area contributed by atoms with Crippen LogP contribution >= 0.6 is 11.3 Å². The zero-order valence-corrected chi connectivity index (χ0v) is 15.0. The summed E-state index contributed by atoms with van der Waals surface area (Å²) >= 11 is 1.53. The Bertz CT molecular complexity index is 786. The fourth-order valence-corrected chi connectivity index (χ4v) is 5.19. The topological polar surface area (TPSA) is 62.3 Å². The maximum Gasteiger partial charge on any atom is 0.243 e. The first-order valence-electron chi connectivity index (χ1n) is 7.70. The molecule has 1 aliphatic rings. The molecule has 0 radical (unpaired) electrons. The lowest BCUT2D eigenvalue weighted by Crippen LogP contribution is -2.46.